The Balaban J connectivity index is 2.22. The highest BCUT2D eigenvalue weighted by molar-refractivity contribution is 9.10. The van der Waals surface area contributed by atoms with Crippen LogP contribution in [0, 0.1) is 0 Å². The van der Waals surface area contributed by atoms with Crippen molar-refractivity contribution in [2.75, 3.05) is 23.8 Å². The summed E-state index contributed by atoms with van der Waals surface area (Å²) < 4.78 is 0.892. The van der Waals surface area contributed by atoms with Crippen LogP contribution >= 0.6 is 15.9 Å². The molecule has 19 heavy (non-hydrogen) atoms. The van der Waals surface area contributed by atoms with Gasteiger partial charge in [-0.05, 0) is 24.6 Å². The van der Waals surface area contributed by atoms with Gasteiger partial charge in [0.2, 0.25) is 0 Å². The number of nitrogens with zero attached hydrogens (tertiary/aromatic N) is 1. The summed E-state index contributed by atoms with van der Waals surface area (Å²) in [5.74, 6) is 0. The first-order valence-electron chi connectivity index (χ1n) is 5.93. The summed E-state index contributed by atoms with van der Waals surface area (Å²) in [5.41, 5.74) is 7.37. The molecule has 1 aliphatic heterocycles. The Morgan fingerprint density at radius 3 is 2.95 bits per heavy atom. The van der Waals surface area contributed by atoms with Crippen LogP contribution in [0.5, 0.6) is 0 Å². The number of halogens is 1. The highest BCUT2D eigenvalue weighted by Gasteiger charge is 2.33. The van der Waals surface area contributed by atoms with E-state index >= 15 is 0 Å². The third-order valence-corrected chi connectivity index (χ3v) is 3.75. The smallest absolute Gasteiger partial charge is 0.404 e. The van der Waals surface area contributed by atoms with E-state index in [1.54, 1.807) is 6.07 Å². The lowest BCUT2D eigenvalue weighted by Gasteiger charge is -2.26. The second-order valence-electron chi connectivity index (χ2n) is 4.57. The van der Waals surface area contributed by atoms with Crippen LogP contribution in [-0.2, 0) is 0 Å². The molecule has 104 valence electrons. The first kappa shape index (κ1) is 14.0. The fourth-order valence-electron chi connectivity index (χ4n) is 2.43. The minimum absolute atomic E-state index is 0.0379. The number of rotatable bonds is 3. The molecular weight excluding hydrogens is 314 g/mol. The maximum absolute atomic E-state index is 10.7. The van der Waals surface area contributed by atoms with Crippen LogP contribution in [-0.4, -0.2) is 41.5 Å². The highest BCUT2D eigenvalue weighted by atomic mass is 79.9. The van der Waals surface area contributed by atoms with Crippen molar-refractivity contribution >= 4 is 33.4 Å². The molecule has 0 spiro atoms. The fourth-order valence-corrected chi connectivity index (χ4v) is 2.78. The number of nitrogens with two attached hydrogens (primary N) is 1. The molecule has 2 atom stereocenters. The van der Waals surface area contributed by atoms with Gasteiger partial charge in [0.05, 0.1) is 30.1 Å². The number of nitrogens with one attached hydrogen (secondary N) is 1. The zero-order valence-electron chi connectivity index (χ0n) is 10.2. The van der Waals surface area contributed by atoms with E-state index in [1.165, 1.54) is 0 Å². The van der Waals surface area contributed by atoms with Gasteiger partial charge in [-0.25, -0.2) is 4.79 Å². The Morgan fingerprint density at radius 2 is 2.32 bits per heavy atom. The quantitative estimate of drug-likeness (QED) is 0.625. The monoisotopic (exact) mass is 329 g/mol. The Labute approximate surface area is 119 Å². The van der Waals surface area contributed by atoms with Gasteiger partial charge in [0.15, 0.2) is 0 Å². The van der Waals surface area contributed by atoms with Crippen molar-refractivity contribution in [3.63, 3.8) is 0 Å². The minimum Gasteiger partial charge on any atom is -0.465 e. The minimum atomic E-state index is -1.05. The Kier molecular flexibility index (Phi) is 4.16. The van der Waals surface area contributed by atoms with Gasteiger partial charge in [-0.1, -0.05) is 15.9 Å². The molecule has 6 nitrogen and oxygen atoms in total. The normalized spacial score (nSPS) is 22.5. The summed E-state index contributed by atoms with van der Waals surface area (Å²) in [6.07, 6.45) is -0.486. The Hall–Kier alpha value is -1.47. The van der Waals surface area contributed by atoms with Crippen LogP contribution < -0.4 is 16.0 Å². The third-order valence-electron chi connectivity index (χ3n) is 3.25. The predicted molar refractivity (Wildman–Crippen MR) is 76.3 cm³/mol. The van der Waals surface area contributed by atoms with Gasteiger partial charge in [0.25, 0.3) is 0 Å². The molecule has 0 saturated carbocycles. The van der Waals surface area contributed by atoms with Crippen molar-refractivity contribution in [3.8, 4) is 0 Å². The topological polar surface area (TPSA) is 98.8 Å². The average Bonchev–Trinajstić information content (AvgIpc) is 2.74. The number of nitrogen functional groups attached to an aromatic ring is 1. The molecular formula is C12H16BrN3O3. The van der Waals surface area contributed by atoms with E-state index < -0.39 is 6.09 Å². The number of anilines is 2. The van der Waals surface area contributed by atoms with Gasteiger partial charge in [-0.2, -0.15) is 0 Å². The van der Waals surface area contributed by atoms with Gasteiger partial charge in [-0.3, -0.25) is 0 Å². The molecule has 1 heterocycles. The molecule has 0 radical (unpaired) electrons. The first-order valence-corrected chi connectivity index (χ1v) is 6.72. The number of hydrogen-bond donors (Lipinski definition) is 4. The first-order chi connectivity index (χ1) is 9.01. The standard InChI is InChI=1S/C12H16BrN3O3/c13-7-1-2-10(14)11(3-7)16-5-8(15-12(18)19)4-9(16)6-17/h1-3,8-9,15,17H,4-6,14H2,(H,18,19)/t8-,9-/m0/s1. The summed E-state index contributed by atoms with van der Waals surface area (Å²) in [5, 5.41) is 20.7. The maximum atomic E-state index is 10.7. The number of hydrogen-bond acceptors (Lipinski definition) is 4. The molecule has 0 aliphatic carbocycles. The van der Waals surface area contributed by atoms with Crippen molar-refractivity contribution in [3.05, 3.63) is 22.7 Å². The van der Waals surface area contributed by atoms with Crippen LogP contribution in [0.3, 0.4) is 0 Å². The molecule has 0 aromatic heterocycles. The summed E-state index contributed by atoms with van der Waals surface area (Å²) in [7, 11) is 0. The molecule has 5 N–H and O–H groups in total. The summed E-state index contributed by atoms with van der Waals surface area (Å²) in [6, 6.07) is 5.17. The Morgan fingerprint density at radius 1 is 1.58 bits per heavy atom. The van der Waals surface area contributed by atoms with Gasteiger partial charge >= 0.3 is 6.09 Å². The summed E-state index contributed by atoms with van der Waals surface area (Å²) in [6.45, 7) is 0.460. The fraction of sp³-hybridized carbons (Fsp3) is 0.417. The van der Waals surface area contributed by atoms with Gasteiger partial charge in [0.1, 0.15) is 0 Å². The lowest BCUT2D eigenvalue weighted by Crippen LogP contribution is -2.36. The highest BCUT2D eigenvalue weighted by Crippen LogP contribution is 2.32. The Bertz CT molecular complexity index is 483. The average molecular weight is 330 g/mol. The molecule has 7 heteroatoms. The van der Waals surface area contributed by atoms with Crippen LogP contribution in [0.25, 0.3) is 0 Å². The van der Waals surface area contributed by atoms with Crippen molar-refractivity contribution in [1.29, 1.82) is 0 Å². The van der Waals surface area contributed by atoms with E-state index in [0.717, 1.165) is 10.2 Å². The van der Waals surface area contributed by atoms with Crippen molar-refractivity contribution in [2.24, 2.45) is 0 Å². The van der Waals surface area contributed by atoms with E-state index in [-0.39, 0.29) is 18.7 Å². The second-order valence-corrected chi connectivity index (χ2v) is 5.49. The number of benzene rings is 1. The van der Waals surface area contributed by atoms with Crippen molar-refractivity contribution in [1.82, 2.24) is 5.32 Å². The van der Waals surface area contributed by atoms with E-state index in [2.05, 4.69) is 21.2 Å². The van der Waals surface area contributed by atoms with Crippen molar-refractivity contribution < 1.29 is 15.0 Å². The molecule has 1 aromatic carbocycles. The molecule has 1 aromatic rings. The van der Waals surface area contributed by atoms with E-state index in [4.69, 9.17) is 10.8 Å². The number of carboxylic acid groups (broad SMARTS) is 1. The van der Waals surface area contributed by atoms with Crippen LogP contribution in [0.1, 0.15) is 6.42 Å². The van der Waals surface area contributed by atoms with E-state index in [0.29, 0.717) is 18.7 Å². The largest absolute Gasteiger partial charge is 0.465 e. The van der Waals surface area contributed by atoms with Crippen LogP contribution in [0.15, 0.2) is 22.7 Å². The molecule has 1 amide bonds. The zero-order valence-corrected chi connectivity index (χ0v) is 11.8. The van der Waals surface area contributed by atoms with Gasteiger partial charge < -0.3 is 26.2 Å². The van der Waals surface area contributed by atoms with Crippen molar-refractivity contribution in [2.45, 2.75) is 18.5 Å². The second kappa shape index (κ2) is 5.66. The van der Waals surface area contributed by atoms with E-state index in [1.807, 2.05) is 17.0 Å². The molecule has 0 bridgehead atoms. The lowest BCUT2D eigenvalue weighted by atomic mass is 10.2. The third kappa shape index (κ3) is 3.10. The summed E-state index contributed by atoms with van der Waals surface area (Å²) in [4.78, 5) is 12.6. The SMILES string of the molecule is Nc1ccc(Br)cc1N1C[C@@H](NC(=O)O)C[C@H]1CO. The van der Waals surface area contributed by atoms with Gasteiger partial charge in [0, 0.05) is 11.0 Å². The maximum Gasteiger partial charge on any atom is 0.404 e. The molecule has 1 saturated heterocycles. The van der Waals surface area contributed by atoms with E-state index in [9.17, 15) is 9.90 Å². The lowest BCUT2D eigenvalue weighted by molar-refractivity contribution is 0.190. The van der Waals surface area contributed by atoms with Gasteiger partial charge in [-0.15, -0.1) is 0 Å². The zero-order chi connectivity index (χ0) is 14.0. The number of aliphatic hydroxyl groups excluding tert-OH is 1. The number of amides is 1. The van der Waals surface area contributed by atoms with Crippen LogP contribution in [0.2, 0.25) is 0 Å². The van der Waals surface area contributed by atoms with Crippen LogP contribution in [0.4, 0.5) is 16.2 Å². The molecule has 2 rings (SSSR count). The molecule has 1 aliphatic rings. The number of aliphatic hydroxyl groups is 1. The number of carbonyl (C=O) groups is 1. The summed E-state index contributed by atoms with van der Waals surface area (Å²) >= 11 is 3.39. The molecule has 1 fully saturated rings. The molecule has 0 unspecified atom stereocenters. The predicted octanol–water partition coefficient (Wildman–Crippen LogP) is 1.24.